The van der Waals surface area contributed by atoms with Gasteiger partial charge in [-0.05, 0) is 18.6 Å². The lowest BCUT2D eigenvalue weighted by molar-refractivity contribution is 0.348. The molecule has 0 spiro atoms. The summed E-state index contributed by atoms with van der Waals surface area (Å²) < 4.78 is 31.8. The highest BCUT2D eigenvalue weighted by Crippen LogP contribution is 2.30. The fraction of sp³-hybridized carbons (Fsp3) is 0.500. The molecule has 0 aliphatic carbocycles. The molecule has 2 heterocycles. The van der Waals surface area contributed by atoms with Crippen LogP contribution in [0.15, 0.2) is 29.2 Å². The predicted molar refractivity (Wildman–Crippen MR) is 67.1 cm³/mol. The fourth-order valence-electron chi connectivity index (χ4n) is 2.71. The number of rotatable bonds is 3. The molecule has 0 saturated carbocycles. The van der Waals surface area contributed by atoms with Crippen LogP contribution in [0.4, 0.5) is 0 Å². The van der Waals surface area contributed by atoms with E-state index in [2.05, 4.69) is 5.32 Å². The average Bonchev–Trinajstić information content (AvgIpc) is 3.01. The summed E-state index contributed by atoms with van der Waals surface area (Å²) in [5.41, 5.74) is 0. The zero-order valence-corrected chi connectivity index (χ0v) is 11.0. The third-order valence-corrected chi connectivity index (χ3v) is 5.57. The minimum absolute atomic E-state index is 0.103. The van der Waals surface area contributed by atoms with Gasteiger partial charge in [-0.3, -0.25) is 0 Å². The Labute approximate surface area is 107 Å². The fourth-order valence-corrected chi connectivity index (χ4v) is 4.43. The van der Waals surface area contributed by atoms with Crippen molar-refractivity contribution < 1.29 is 13.2 Å². The van der Waals surface area contributed by atoms with Crippen molar-refractivity contribution in [3.8, 4) is 5.75 Å². The van der Waals surface area contributed by atoms with Gasteiger partial charge in [0.2, 0.25) is 10.0 Å². The van der Waals surface area contributed by atoms with Gasteiger partial charge in [-0.25, -0.2) is 8.42 Å². The smallest absolute Gasteiger partial charge is 0.243 e. The van der Waals surface area contributed by atoms with Crippen molar-refractivity contribution >= 4 is 10.0 Å². The first-order valence-electron chi connectivity index (χ1n) is 6.00. The maximum absolute atomic E-state index is 12.5. The van der Waals surface area contributed by atoms with Crippen LogP contribution in [0.25, 0.3) is 0 Å². The summed E-state index contributed by atoms with van der Waals surface area (Å²) >= 11 is 0. The molecule has 18 heavy (non-hydrogen) atoms. The maximum Gasteiger partial charge on any atom is 0.243 e. The Bertz CT molecular complexity index is 558. The number of methoxy groups -OCH3 is 1. The van der Waals surface area contributed by atoms with Crippen LogP contribution in [0.5, 0.6) is 5.75 Å². The van der Waals surface area contributed by atoms with E-state index in [1.807, 2.05) is 0 Å². The molecule has 2 saturated heterocycles. The molecule has 1 N–H and O–H groups in total. The molecule has 5 nitrogen and oxygen atoms in total. The van der Waals surface area contributed by atoms with E-state index in [0.29, 0.717) is 23.2 Å². The molecule has 0 amide bonds. The summed E-state index contributed by atoms with van der Waals surface area (Å²) in [6.45, 7) is 1.33. The van der Waals surface area contributed by atoms with Gasteiger partial charge in [0.15, 0.2) is 0 Å². The molecule has 3 rings (SSSR count). The number of fused-ring (bicyclic) bond motifs is 2. The number of hydrogen-bond donors (Lipinski definition) is 1. The highest BCUT2D eigenvalue weighted by molar-refractivity contribution is 7.89. The average molecular weight is 268 g/mol. The lowest BCUT2D eigenvalue weighted by Crippen LogP contribution is -2.46. The zero-order chi connectivity index (χ0) is 12.8. The molecule has 2 atom stereocenters. The van der Waals surface area contributed by atoms with Gasteiger partial charge in [0.05, 0.1) is 12.0 Å². The monoisotopic (exact) mass is 268 g/mol. The highest BCUT2D eigenvalue weighted by atomic mass is 32.2. The molecule has 0 radical (unpaired) electrons. The Morgan fingerprint density at radius 1 is 1.44 bits per heavy atom. The van der Waals surface area contributed by atoms with Gasteiger partial charge in [-0.1, -0.05) is 6.07 Å². The number of nitrogens with one attached hydrogen (secondary N) is 1. The van der Waals surface area contributed by atoms with Crippen LogP contribution in [-0.2, 0) is 10.0 Å². The third-order valence-electron chi connectivity index (χ3n) is 3.65. The first-order chi connectivity index (χ1) is 8.61. The lowest BCUT2D eigenvalue weighted by atomic mass is 10.2. The van der Waals surface area contributed by atoms with Gasteiger partial charge in [0.1, 0.15) is 5.75 Å². The van der Waals surface area contributed by atoms with Crippen LogP contribution >= 0.6 is 0 Å². The van der Waals surface area contributed by atoms with E-state index in [0.717, 1.165) is 13.0 Å². The molecule has 98 valence electrons. The van der Waals surface area contributed by atoms with Crippen molar-refractivity contribution in [3.05, 3.63) is 24.3 Å². The van der Waals surface area contributed by atoms with Crippen molar-refractivity contribution in [2.75, 3.05) is 20.2 Å². The van der Waals surface area contributed by atoms with Crippen molar-refractivity contribution in [1.29, 1.82) is 0 Å². The first kappa shape index (κ1) is 12.0. The Balaban J connectivity index is 1.94. The number of sulfonamides is 1. The maximum atomic E-state index is 12.5. The second-order valence-electron chi connectivity index (χ2n) is 4.75. The summed E-state index contributed by atoms with van der Waals surface area (Å²) in [7, 11) is -1.85. The molecule has 2 aliphatic rings. The van der Waals surface area contributed by atoms with Gasteiger partial charge < -0.3 is 10.1 Å². The van der Waals surface area contributed by atoms with E-state index in [4.69, 9.17) is 4.74 Å². The molecule has 2 aliphatic heterocycles. The van der Waals surface area contributed by atoms with Gasteiger partial charge in [-0.2, -0.15) is 4.31 Å². The first-order valence-corrected chi connectivity index (χ1v) is 7.44. The minimum atomic E-state index is -3.39. The summed E-state index contributed by atoms with van der Waals surface area (Å²) in [6.07, 6.45) is 0.920. The van der Waals surface area contributed by atoms with Crippen molar-refractivity contribution in [2.24, 2.45) is 0 Å². The summed E-state index contributed by atoms with van der Waals surface area (Å²) in [5.74, 6) is 0.568. The SMILES string of the molecule is COc1cccc(S(=O)(=O)N2CC3CC2CN3)c1. The molecule has 1 aromatic rings. The summed E-state index contributed by atoms with van der Waals surface area (Å²) in [5, 5.41) is 3.30. The lowest BCUT2D eigenvalue weighted by Gasteiger charge is -2.26. The second-order valence-corrected chi connectivity index (χ2v) is 6.64. The Hall–Kier alpha value is -1.11. The van der Waals surface area contributed by atoms with E-state index in [-0.39, 0.29) is 6.04 Å². The number of ether oxygens (including phenoxy) is 1. The van der Waals surface area contributed by atoms with E-state index in [1.54, 1.807) is 28.6 Å². The van der Waals surface area contributed by atoms with Crippen molar-refractivity contribution in [3.63, 3.8) is 0 Å². The molecule has 2 bridgehead atoms. The van der Waals surface area contributed by atoms with E-state index < -0.39 is 10.0 Å². The molecular weight excluding hydrogens is 252 g/mol. The topological polar surface area (TPSA) is 58.6 Å². The summed E-state index contributed by atoms with van der Waals surface area (Å²) in [4.78, 5) is 0.314. The molecule has 6 heteroatoms. The van der Waals surface area contributed by atoms with Crippen LogP contribution in [0, 0.1) is 0 Å². The number of piperazine rings is 1. The highest BCUT2D eigenvalue weighted by Gasteiger charge is 2.44. The molecule has 1 aromatic carbocycles. The Morgan fingerprint density at radius 2 is 2.28 bits per heavy atom. The predicted octanol–water partition coefficient (Wildman–Crippen LogP) is 0.430. The van der Waals surface area contributed by atoms with Crippen molar-refractivity contribution in [2.45, 2.75) is 23.4 Å². The van der Waals surface area contributed by atoms with E-state index in [1.165, 1.54) is 7.11 Å². The van der Waals surface area contributed by atoms with Crippen LogP contribution < -0.4 is 10.1 Å². The number of nitrogens with zero attached hydrogens (tertiary/aromatic N) is 1. The van der Waals surface area contributed by atoms with Gasteiger partial charge >= 0.3 is 0 Å². The Morgan fingerprint density at radius 3 is 2.89 bits per heavy atom. The molecule has 0 aromatic heterocycles. The third kappa shape index (κ3) is 1.81. The van der Waals surface area contributed by atoms with E-state index >= 15 is 0 Å². The van der Waals surface area contributed by atoms with Crippen LogP contribution in [0.2, 0.25) is 0 Å². The number of hydrogen-bond acceptors (Lipinski definition) is 4. The van der Waals surface area contributed by atoms with Crippen LogP contribution in [-0.4, -0.2) is 45.0 Å². The van der Waals surface area contributed by atoms with Crippen LogP contribution in [0.3, 0.4) is 0 Å². The van der Waals surface area contributed by atoms with Crippen molar-refractivity contribution in [1.82, 2.24) is 9.62 Å². The van der Waals surface area contributed by atoms with E-state index in [9.17, 15) is 8.42 Å². The standard InChI is InChI=1S/C12H16N2O3S/c1-17-11-3-2-4-12(6-11)18(15,16)14-8-9-5-10(14)7-13-9/h2-4,6,9-10,13H,5,7-8H2,1H3. The Kier molecular flexibility index (Phi) is 2.80. The minimum Gasteiger partial charge on any atom is -0.497 e. The number of benzene rings is 1. The van der Waals surface area contributed by atoms with Gasteiger partial charge in [0.25, 0.3) is 0 Å². The zero-order valence-electron chi connectivity index (χ0n) is 10.2. The van der Waals surface area contributed by atoms with Gasteiger partial charge in [-0.15, -0.1) is 0 Å². The van der Waals surface area contributed by atoms with Gasteiger partial charge in [0, 0.05) is 31.2 Å². The molecule has 2 fully saturated rings. The summed E-state index contributed by atoms with van der Waals surface area (Å²) in [6, 6.07) is 7.07. The molecule has 2 unspecified atom stereocenters. The normalized spacial score (nSPS) is 27.6. The molecular formula is C12H16N2O3S. The largest absolute Gasteiger partial charge is 0.497 e. The van der Waals surface area contributed by atoms with Crippen LogP contribution in [0.1, 0.15) is 6.42 Å². The quantitative estimate of drug-likeness (QED) is 0.863. The second kappa shape index (κ2) is 4.22.